The van der Waals surface area contributed by atoms with E-state index in [1.165, 1.54) is 36.0 Å². The molecule has 2 atom stereocenters. The standard InChI is InChI=1S/C19H26O2/c1-19(2)9-8-17(18(20)21)16(12-19)11-13-6-7-14-4-3-5-15(14)10-13/h6-7,10,16-17H,3-5,8-9,11-12H2,1-2H3,(H,20,21). The summed E-state index contributed by atoms with van der Waals surface area (Å²) >= 11 is 0. The zero-order valence-corrected chi connectivity index (χ0v) is 13.2. The van der Waals surface area contributed by atoms with Crippen molar-refractivity contribution >= 4 is 5.97 Å². The topological polar surface area (TPSA) is 37.3 Å². The number of aliphatic carboxylic acids is 1. The maximum Gasteiger partial charge on any atom is 0.306 e. The van der Waals surface area contributed by atoms with Crippen molar-refractivity contribution in [2.75, 3.05) is 0 Å². The molecule has 0 heterocycles. The van der Waals surface area contributed by atoms with Gasteiger partial charge in [-0.15, -0.1) is 0 Å². The number of hydrogen-bond acceptors (Lipinski definition) is 1. The third-order valence-electron chi connectivity index (χ3n) is 5.49. The number of carboxylic acids is 1. The number of carbonyl (C=O) groups is 1. The maximum absolute atomic E-state index is 11.6. The van der Waals surface area contributed by atoms with Crippen molar-refractivity contribution in [3.8, 4) is 0 Å². The fourth-order valence-corrected chi connectivity index (χ4v) is 4.33. The Morgan fingerprint density at radius 1 is 1.29 bits per heavy atom. The van der Waals surface area contributed by atoms with Gasteiger partial charge in [-0.25, -0.2) is 0 Å². The highest BCUT2D eigenvalue weighted by Crippen LogP contribution is 2.43. The second kappa shape index (κ2) is 5.47. The van der Waals surface area contributed by atoms with Gasteiger partial charge in [0.2, 0.25) is 0 Å². The molecule has 114 valence electrons. The Bertz CT molecular complexity index is 544. The van der Waals surface area contributed by atoms with Crippen LogP contribution in [0.5, 0.6) is 0 Å². The minimum absolute atomic E-state index is 0.161. The summed E-state index contributed by atoms with van der Waals surface area (Å²) in [7, 11) is 0. The molecule has 2 aliphatic carbocycles. The number of fused-ring (bicyclic) bond motifs is 1. The highest BCUT2D eigenvalue weighted by atomic mass is 16.4. The molecule has 21 heavy (non-hydrogen) atoms. The van der Waals surface area contributed by atoms with Crippen LogP contribution in [0.4, 0.5) is 0 Å². The van der Waals surface area contributed by atoms with E-state index in [1.807, 2.05) is 0 Å². The number of hydrogen-bond donors (Lipinski definition) is 1. The van der Waals surface area contributed by atoms with E-state index in [4.69, 9.17) is 0 Å². The summed E-state index contributed by atoms with van der Waals surface area (Å²) < 4.78 is 0. The average Bonchev–Trinajstić information content (AvgIpc) is 2.84. The Balaban J connectivity index is 1.78. The minimum atomic E-state index is -0.600. The van der Waals surface area contributed by atoms with E-state index in [-0.39, 0.29) is 17.3 Å². The minimum Gasteiger partial charge on any atom is -0.481 e. The zero-order valence-electron chi connectivity index (χ0n) is 13.2. The van der Waals surface area contributed by atoms with E-state index >= 15 is 0 Å². The summed E-state index contributed by atoms with van der Waals surface area (Å²) in [4.78, 5) is 11.6. The molecule has 1 aromatic rings. The molecule has 0 bridgehead atoms. The Morgan fingerprint density at radius 3 is 2.81 bits per heavy atom. The molecule has 0 spiro atoms. The van der Waals surface area contributed by atoms with Gasteiger partial charge in [0, 0.05) is 0 Å². The van der Waals surface area contributed by atoms with Gasteiger partial charge < -0.3 is 5.11 Å². The van der Waals surface area contributed by atoms with Crippen LogP contribution in [0.2, 0.25) is 0 Å². The Kier molecular flexibility index (Phi) is 3.81. The molecule has 0 amide bonds. The normalized spacial score (nSPS) is 27.3. The molecule has 1 fully saturated rings. The lowest BCUT2D eigenvalue weighted by molar-refractivity contribution is -0.146. The molecule has 2 unspecified atom stereocenters. The highest BCUT2D eigenvalue weighted by molar-refractivity contribution is 5.70. The van der Waals surface area contributed by atoms with Gasteiger partial charge in [0.15, 0.2) is 0 Å². The summed E-state index contributed by atoms with van der Waals surface area (Å²) in [6, 6.07) is 6.83. The lowest BCUT2D eigenvalue weighted by Gasteiger charge is -2.39. The Labute approximate surface area is 127 Å². The van der Waals surface area contributed by atoms with Gasteiger partial charge in [-0.3, -0.25) is 4.79 Å². The van der Waals surface area contributed by atoms with E-state index < -0.39 is 5.97 Å². The van der Waals surface area contributed by atoms with Crippen LogP contribution in [0.25, 0.3) is 0 Å². The lowest BCUT2D eigenvalue weighted by Crippen LogP contribution is -2.35. The largest absolute Gasteiger partial charge is 0.481 e. The van der Waals surface area contributed by atoms with Crippen molar-refractivity contribution < 1.29 is 9.90 Å². The van der Waals surface area contributed by atoms with Crippen LogP contribution in [0.3, 0.4) is 0 Å². The van der Waals surface area contributed by atoms with Gasteiger partial charge in [-0.2, -0.15) is 0 Å². The van der Waals surface area contributed by atoms with E-state index in [0.717, 1.165) is 25.7 Å². The first kappa shape index (κ1) is 14.6. The van der Waals surface area contributed by atoms with Gasteiger partial charge in [-0.1, -0.05) is 32.0 Å². The molecule has 1 saturated carbocycles. The number of aryl methyl sites for hydroxylation is 2. The first-order valence-corrected chi connectivity index (χ1v) is 8.28. The number of benzene rings is 1. The molecule has 0 aliphatic heterocycles. The smallest absolute Gasteiger partial charge is 0.306 e. The van der Waals surface area contributed by atoms with Crippen LogP contribution < -0.4 is 0 Å². The highest BCUT2D eigenvalue weighted by Gasteiger charge is 2.38. The molecule has 2 nitrogen and oxygen atoms in total. The molecule has 1 N–H and O–H groups in total. The van der Waals surface area contributed by atoms with Crippen LogP contribution in [-0.2, 0) is 24.1 Å². The van der Waals surface area contributed by atoms with Crippen molar-refractivity contribution in [1.82, 2.24) is 0 Å². The molecule has 1 aromatic carbocycles. The Hall–Kier alpha value is -1.31. The zero-order chi connectivity index (χ0) is 15.0. The first-order valence-electron chi connectivity index (χ1n) is 8.28. The second-order valence-electron chi connectivity index (χ2n) is 7.77. The SMILES string of the molecule is CC1(C)CCC(C(=O)O)C(Cc2ccc3c(c2)CCC3)C1. The van der Waals surface area contributed by atoms with Crippen molar-refractivity contribution in [2.45, 2.75) is 58.8 Å². The lowest BCUT2D eigenvalue weighted by atomic mass is 9.65. The summed E-state index contributed by atoms with van der Waals surface area (Å²) in [5.41, 5.74) is 4.62. The molecule has 0 saturated heterocycles. The van der Waals surface area contributed by atoms with Crippen LogP contribution in [0.1, 0.15) is 56.2 Å². The maximum atomic E-state index is 11.6. The Morgan fingerprint density at radius 2 is 2.05 bits per heavy atom. The van der Waals surface area contributed by atoms with E-state index in [9.17, 15) is 9.90 Å². The van der Waals surface area contributed by atoms with Gasteiger partial charge in [0.05, 0.1) is 5.92 Å². The van der Waals surface area contributed by atoms with Crippen molar-refractivity contribution in [1.29, 1.82) is 0 Å². The fourth-order valence-electron chi connectivity index (χ4n) is 4.33. The van der Waals surface area contributed by atoms with Crippen molar-refractivity contribution in [3.63, 3.8) is 0 Å². The monoisotopic (exact) mass is 286 g/mol. The number of carboxylic acid groups (broad SMARTS) is 1. The number of rotatable bonds is 3. The van der Waals surface area contributed by atoms with Gasteiger partial charge in [0.25, 0.3) is 0 Å². The van der Waals surface area contributed by atoms with Gasteiger partial charge in [-0.05, 0) is 73.0 Å². The van der Waals surface area contributed by atoms with E-state index in [2.05, 4.69) is 32.0 Å². The molecule has 3 rings (SSSR count). The summed E-state index contributed by atoms with van der Waals surface area (Å²) in [6.07, 6.45) is 7.50. The molecular formula is C19H26O2. The predicted octanol–water partition coefficient (Wildman–Crippen LogP) is 4.24. The molecule has 0 aromatic heterocycles. The average molecular weight is 286 g/mol. The van der Waals surface area contributed by atoms with Gasteiger partial charge >= 0.3 is 5.97 Å². The van der Waals surface area contributed by atoms with Crippen LogP contribution in [0.15, 0.2) is 18.2 Å². The molecule has 2 heteroatoms. The predicted molar refractivity (Wildman–Crippen MR) is 84.4 cm³/mol. The first-order chi connectivity index (χ1) is 9.94. The van der Waals surface area contributed by atoms with Crippen molar-refractivity contribution in [3.05, 3.63) is 34.9 Å². The van der Waals surface area contributed by atoms with E-state index in [1.54, 1.807) is 0 Å². The van der Waals surface area contributed by atoms with E-state index in [0.29, 0.717) is 0 Å². The summed E-state index contributed by atoms with van der Waals surface area (Å²) in [5.74, 6) is -0.478. The van der Waals surface area contributed by atoms with Gasteiger partial charge in [0.1, 0.15) is 0 Å². The third kappa shape index (κ3) is 3.14. The van der Waals surface area contributed by atoms with Crippen molar-refractivity contribution in [2.24, 2.45) is 17.3 Å². The van der Waals surface area contributed by atoms with Crippen LogP contribution in [0, 0.1) is 17.3 Å². The quantitative estimate of drug-likeness (QED) is 0.902. The third-order valence-corrected chi connectivity index (χ3v) is 5.49. The second-order valence-corrected chi connectivity index (χ2v) is 7.77. The van der Waals surface area contributed by atoms with Crippen LogP contribution in [-0.4, -0.2) is 11.1 Å². The molecule has 2 aliphatic rings. The molecular weight excluding hydrogens is 260 g/mol. The fraction of sp³-hybridized carbons (Fsp3) is 0.632. The van der Waals surface area contributed by atoms with Crippen LogP contribution >= 0.6 is 0 Å². The summed E-state index contributed by atoms with van der Waals surface area (Å²) in [5, 5.41) is 9.51. The summed E-state index contributed by atoms with van der Waals surface area (Å²) in [6.45, 7) is 4.56. The molecule has 0 radical (unpaired) electrons.